The van der Waals surface area contributed by atoms with Crippen LogP contribution in [0.5, 0.6) is 0 Å². The van der Waals surface area contributed by atoms with Crippen molar-refractivity contribution >= 4 is 53.3 Å². The molecular formula is C51H32N4S. The minimum Gasteiger partial charge on any atom is -0.309 e. The smallest absolute Gasteiger partial charge is 0.164 e. The van der Waals surface area contributed by atoms with Gasteiger partial charge in [0.1, 0.15) is 0 Å². The predicted molar refractivity (Wildman–Crippen MR) is 234 cm³/mol. The highest BCUT2D eigenvalue weighted by Gasteiger charge is 2.17. The third-order valence-corrected chi connectivity index (χ3v) is 11.8. The molecule has 0 aliphatic rings. The minimum atomic E-state index is 0.633. The molecule has 0 atom stereocenters. The third-order valence-electron chi connectivity index (χ3n) is 10.7. The molecule has 56 heavy (non-hydrogen) atoms. The molecule has 11 aromatic rings. The molecule has 0 amide bonds. The van der Waals surface area contributed by atoms with E-state index in [9.17, 15) is 0 Å². The number of para-hydroxylation sites is 2. The van der Waals surface area contributed by atoms with Crippen molar-refractivity contribution in [1.29, 1.82) is 0 Å². The summed E-state index contributed by atoms with van der Waals surface area (Å²) in [7, 11) is 0. The van der Waals surface area contributed by atoms with Gasteiger partial charge in [0.05, 0.1) is 11.0 Å². The van der Waals surface area contributed by atoms with Crippen molar-refractivity contribution in [2.45, 2.75) is 0 Å². The Hall–Kier alpha value is -7.21. The highest BCUT2D eigenvalue weighted by atomic mass is 32.1. The maximum Gasteiger partial charge on any atom is 0.164 e. The lowest BCUT2D eigenvalue weighted by molar-refractivity contribution is 1.07. The molecule has 0 aliphatic carbocycles. The number of fused-ring (bicyclic) bond motifs is 6. The summed E-state index contributed by atoms with van der Waals surface area (Å²) < 4.78 is 4.81. The number of thiophene rings is 1. The van der Waals surface area contributed by atoms with E-state index >= 15 is 0 Å². The molecular weight excluding hydrogens is 701 g/mol. The van der Waals surface area contributed by atoms with Gasteiger partial charge in [0.25, 0.3) is 0 Å². The second kappa shape index (κ2) is 13.3. The standard InChI is InChI=1S/C51H32N4S/c1-3-11-33(12-4-1)34-19-21-35(22-20-34)36-23-25-37(26-24-36)49-52-50(54-51(53-49)39-28-30-44-43-16-8-10-18-47(43)56-48(44)32-39)38-27-29-42-41-15-7-9-17-45(41)55(46(42)31-38)40-13-5-2-6-14-40/h1-32H. The Kier molecular flexibility index (Phi) is 7.64. The molecule has 0 N–H and O–H groups in total. The second-order valence-corrected chi connectivity index (χ2v) is 15.1. The van der Waals surface area contributed by atoms with Gasteiger partial charge in [0.2, 0.25) is 0 Å². The Labute approximate surface area is 327 Å². The summed E-state index contributed by atoms with van der Waals surface area (Å²) in [6.45, 7) is 0. The lowest BCUT2D eigenvalue weighted by Crippen LogP contribution is -2.00. The molecule has 0 bridgehead atoms. The summed E-state index contributed by atoms with van der Waals surface area (Å²) in [6.07, 6.45) is 0. The molecule has 8 aromatic carbocycles. The molecule has 4 nitrogen and oxygen atoms in total. The maximum atomic E-state index is 5.19. The number of aromatic nitrogens is 4. The first-order valence-electron chi connectivity index (χ1n) is 18.8. The Balaban J connectivity index is 1.05. The summed E-state index contributed by atoms with van der Waals surface area (Å²) in [5, 5.41) is 4.91. The maximum absolute atomic E-state index is 5.19. The average molecular weight is 733 g/mol. The largest absolute Gasteiger partial charge is 0.309 e. The molecule has 11 rings (SSSR count). The van der Waals surface area contributed by atoms with Crippen LogP contribution in [0.15, 0.2) is 194 Å². The SMILES string of the molecule is c1ccc(-c2ccc(-c3ccc(-c4nc(-c5ccc6c(c5)sc5ccccc56)nc(-c5ccc6c7ccccc7n(-c7ccccc7)c6c5)n4)cc3)cc2)cc1. The van der Waals surface area contributed by atoms with Crippen molar-refractivity contribution in [2.75, 3.05) is 0 Å². The van der Waals surface area contributed by atoms with E-state index in [1.54, 1.807) is 11.3 Å². The molecule has 0 saturated heterocycles. The molecule has 0 fully saturated rings. The number of benzene rings is 8. The van der Waals surface area contributed by atoms with Gasteiger partial charge >= 0.3 is 0 Å². The summed E-state index contributed by atoms with van der Waals surface area (Å²) in [4.78, 5) is 15.5. The number of hydrogen-bond acceptors (Lipinski definition) is 4. The molecule has 3 aromatic heterocycles. The molecule has 0 unspecified atom stereocenters. The van der Waals surface area contributed by atoms with Gasteiger partial charge in [0.15, 0.2) is 17.5 Å². The van der Waals surface area contributed by atoms with Gasteiger partial charge in [-0.2, -0.15) is 0 Å². The summed E-state index contributed by atoms with van der Waals surface area (Å²) in [5.41, 5.74) is 10.9. The van der Waals surface area contributed by atoms with Gasteiger partial charge in [-0.25, -0.2) is 15.0 Å². The Morgan fingerprint density at radius 2 is 0.750 bits per heavy atom. The molecule has 3 heterocycles. The first kappa shape index (κ1) is 32.2. The highest BCUT2D eigenvalue weighted by Crippen LogP contribution is 2.38. The number of nitrogens with zero attached hydrogens (tertiary/aromatic N) is 4. The molecule has 0 radical (unpaired) electrons. The van der Waals surface area contributed by atoms with Crippen LogP contribution in [0.25, 0.3) is 104 Å². The van der Waals surface area contributed by atoms with E-state index in [1.165, 1.54) is 42.1 Å². The van der Waals surface area contributed by atoms with E-state index in [0.717, 1.165) is 44.5 Å². The first-order valence-corrected chi connectivity index (χ1v) is 19.6. The van der Waals surface area contributed by atoms with Gasteiger partial charge in [-0.05, 0) is 58.7 Å². The van der Waals surface area contributed by atoms with Crippen molar-refractivity contribution in [3.8, 4) is 62.1 Å². The topological polar surface area (TPSA) is 43.6 Å². The predicted octanol–water partition coefficient (Wildman–Crippen LogP) is 13.7. The van der Waals surface area contributed by atoms with Gasteiger partial charge in [-0.3, -0.25) is 0 Å². The Morgan fingerprint density at radius 1 is 0.304 bits per heavy atom. The molecule has 0 spiro atoms. The number of hydrogen-bond donors (Lipinski definition) is 0. The quantitative estimate of drug-likeness (QED) is 0.171. The van der Waals surface area contributed by atoms with Crippen molar-refractivity contribution in [2.24, 2.45) is 0 Å². The van der Waals surface area contributed by atoms with Crippen LogP contribution in [0.3, 0.4) is 0 Å². The number of rotatable bonds is 6. The van der Waals surface area contributed by atoms with Gasteiger partial charge in [0, 0.05) is 53.3 Å². The summed E-state index contributed by atoms with van der Waals surface area (Å²) in [6, 6.07) is 68.6. The zero-order valence-electron chi connectivity index (χ0n) is 30.2. The van der Waals surface area contributed by atoms with Crippen LogP contribution in [0.4, 0.5) is 0 Å². The van der Waals surface area contributed by atoms with Crippen molar-refractivity contribution in [3.63, 3.8) is 0 Å². The molecule has 0 saturated carbocycles. The summed E-state index contributed by atoms with van der Waals surface area (Å²) in [5.74, 6) is 1.92. The third kappa shape index (κ3) is 5.56. The molecule has 0 aliphatic heterocycles. The molecule has 5 heteroatoms. The fraction of sp³-hybridized carbons (Fsp3) is 0. The summed E-state index contributed by atoms with van der Waals surface area (Å²) >= 11 is 1.80. The monoisotopic (exact) mass is 732 g/mol. The lowest BCUT2D eigenvalue weighted by atomic mass is 9.99. The highest BCUT2D eigenvalue weighted by molar-refractivity contribution is 7.25. The first-order chi connectivity index (χ1) is 27.7. The minimum absolute atomic E-state index is 0.633. The zero-order chi connectivity index (χ0) is 37.0. The fourth-order valence-electron chi connectivity index (χ4n) is 7.89. The van der Waals surface area contributed by atoms with E-state index in [4.69, 9.17) is 15.0 Å². The van der Waals surface area contributed by atoms with E-state index in [0.29, 0.717) is 17.5 Å². The van der Waals surface area contributed by atoms with Crippen LogP contribution in [0.2, 0.25) is 0 Å². The van der Waals surface area contributed by atoms with Crippen molar-refractivity contribution in [3.05, 3.63) is 194 Å². The average Bonchev–Trinajstić information content (AvgIpc) is 3.82. The van der Waals surface area contributed by atoms with E-state index in [2.05, 4.69) is 193 Å². The fourth-order valence-corrected chi connectivity index (χ4v) is 9.04. The Bertz CT molecular complexity index is 3220. The van der Waals surface area contributed by atoms with E-state index in [1.807, 2.05) is 6.07 Å². The second-order valence-electron chi connectivity index (χ2n) is 14.1. The van der Waals surface area contributed by atoms with Crippen LogP contribution < -0.4 is 0 Å². The van der Waals surface area contributed by atoms with Crippen LogP contribution in [-0.2, 0) is 0 Å². The van der Waals surface area contributed by atoms with Gasteiger partial charge in [-0.1, -0.05) is 158 Å². The van der Waals surface area contributed by atoms with Crippen LogP contribution in [0.1, 0.15) is 0 Å². The zero-order valence-corrected chi connectivity index (χ0v) is 31.0. The van der Waals surface area contributed by atoms with Gasteiger partial charge < -0.3 is 4.57 Å². The van der Waals surface area contributed by atoms with Crippen molar-refractivity contribution in [1.82, 2.24) is 19.5 Å². The van der Waals surface area contributed by atoms with Crippen molar-refractivity contribution < 1.29 is 0 Å². The van der Waals surface area contributed by atoms with E-state index < -0.39 is 0 Å². The van der Waals surface area contributed by atoms with Crippen LogP contribution >= 0.6 is 11.3 Å². The lowest BCUT2D eigenvalue weighted by Gasteiger charge is -2.11. The van der Waals surface area contributed by atoms with E-state index in [-0.39, 0.29) is 0 Å². The van der Waals surface area contributed by atoms with Crippen LogP contribution in [0, 0.1) is 0 Å². The normalized spacial score (nSPS) is 11.6. The molecule has 262 valence electrons. The van der Waals surface area contributed by atoms with Gasteiger partial charge in [-0.15, -0.1) is 11.3 Å². The Morgan fingerprint density at radius 3 is 1.43 bits per heavy atom. The van der Waals surface area contributed by atoms with Crippen LogP contribution in [-0.4, -0.2) is 19.5 Å².